The fourth-order valence-electron chi connectivity index (χ4n) is 4.09. The molecule has 0 radical (unpaired) electrons. The molecule has 2 aliphatic heterocycles. The van der Waals surface area contributed by atoms with Gasteiger partial charge in [0.2, 0.25) is 5.91 Å². The molecular weight excluding hydrogens is 394 g/mol. The molecule has 2 aliphatic rings. The van der Waals surface area contributed by atoms with E-state index >= 15 is 0 Å². The fraction of sp³-hybridized carbons (Fsp3) is 0.381. The Morgan fingerprint density at radius 2 is 1.86 bits per heavy atom. The number of rotatable bonds is 6. The van der Waals surface area contributed by atoms with Gasteiger partial charge in [-0.2, -0.15) is 0 Å². The van der Waals surface area contributed by atoms with E-state index < -0.39 is 41.9 Å². The number of fused-ring (bicyclic) bond motifs is 2. The van der Waals surface area contributed by atoms with E-state index in [4.69, 9.17) is 9.47 Å². The quantitative estimate of drug-likeness (QED) is 0.726. The average molecular weight is 414 g/mol. The maximum Gasteiger partial charge on any atom is 0.341 e. The van der Waals surface area contributed by atoms with Crippen LogP contribution < -0.4 is 10.4 Å². The number of carboxylic acid groups (broad SMARTS) is 1. The van der Waals surface area contributed by atoms with Crippen molar-refractivity contribution < 1.29 is 29.0 Å². The maximum absolute atomic E-state index is 13.0. The highest BCUT2D eigenvalue weighted by Crippen LogP contribution is 2.44. The number of thiophene rings is 1. The van der Waals surface area contributed by atoms with Crippen LogP contribution >= 0.6 is 11.3 Å². The number of aliphatic carboxylic acids is 1. The van der Waals surface area contributed by atoms with Crippen LogP contribution in [0.2, 0.25) is 0 Å². The first-order chi connectivity index (χ1) is 14.0. The van der Waals surface area contributed by atoms with Gasteiger partial charge in [0.25, 0.3) is 0 Å². The monoisotopic (exact) mass is 414 g/mol. The van der Waals surface area contributed by atoms with Gasteiger partial charge in [-0.15, -0.1) is 11.3 Å². The first-order valence-electron chi connectivity index (χ1n) is 9.53. The largest absolute Gasteiger partial charge is 0.550 e. The summed E-state index contributed by atoms with van der Waals surface area (Å²) in [5, 5.41) is 14.7. The zero-order chi connectivity index (χ0) is 20.5. The third kappa shape index (κ3) is 3.65. The summed E-state index contributed by atoms with van der Waals surface area (Å²) >= 11 is 1.25. The fourth-order valence-corrected chi connectivity index (χ4v) is 5.15. The molecule has 3 heterocycles. The zero-order valence-electron chi connectivity index (χ0n) is 15.8. The van der Waals surface area contributed by atoms with Crippen LogP contribution in [0.1, 0.15) is 30.1 Å². The maximum atomic E-state index is 13.0. The average Bonchev–Trinajstić information content (AvgIpc) is 3.43. The summed E-state index contributed by atoms with van der Waals surface area (Å²) in [6.07, 6.45) is 0.311. The Labute approximate surface area is 171 Å². The Kier molecular flexibility index (Phi) is 5.38. The summed E-state index contributed by atoms with van der Waals surface area (Å²) in [7, 11) is 0. The van der Waals surface area contributed by atoms with Crippen molar-refractivity contribution in [3.8, 4) is 10.4 Å². The molecule has 1 amide bonds. The second-order valence-corrected chi connectivity index (χ2v) is 8.14. The number of ether oxygens (including phenoxy) is 2. The smallest absolute Gasteiger partial charge is 0.341 e. The zero-order valence-corrected chi connectivity index (χ0v) is 16.6. The number of amides is 1. The van der Waals surface area contributed by atoms with Crippen LogP contribution in [-0.2, 0) is 19.1 Å². The third-order valence-corrected chi connectivity index (χ3v) is 6.47. The van der Waals surface area contributed by atoms with Crippen molar-refractivity contribution in [3.05, 3.63) is 42.0 Å². The molecule has 4 atom stereocenters. The molecule has 8 heteroatoms. The second kappa shape index (κ2) is 7.96. The highest BCUT2D eigenvalue weighted by molar-refractivity contribution is 7.20. The minimum Gasteiger partial charge on any atom is -0.550 e. The van der Waals surface area contributed by atoms with Crippen molar-refractivity contribution in [2.24, 2.45) is 11.8 Å². The van der Waals surface area contributed by atoms with Crippen LogP contribution in [0, 0.1) is 11.8 Å². The number of esters is 1. The first-order valence-corrected chi connectivity index (χ1v) is 10.3. The van der Waals surface area contributed by atoms with Crippen molar-refractivity contribution in [1.82, 2.24) is 0 Å². The van der Waals surface area contributed by atoms with Crippen molar-refractivity contribution in [3.63, 3.8) is 0 Å². The highest BCUT2D eigenvalue weighted by Gasteiger charge is 2.53. The molecule has 1 aromatic carbocycles. The summed E-state index contributed by atoms with van der Waals surface area (Å²) < 4.78 is 10.8. The lowest BCUT2D eigenvalue weighted by atomic mass is 9.79. The number of hydrogen-bond acceptors (Lipinski definition) is 7. The second-order valence-electron chi connectivity index (χ2n) is 7.09. The van der Waals surface area contributed by atoms with E-state index in [-0.39, 0.29) is 12.2 Å². The summed E-state index contributed by atoms with van der Waals surface area (Å²) in [6.45, 7) is 1.91. The highest BCUT2D eigenvalue weighted by atomic mass is 32.1. The van der Waals surface area contributed by atoms with Gasteiger partial charge in [-0.25, -0.2) is 4.79 Å². The Bertz CT molecular complexity index is 940. The molecule has 152 valence electrons. The van der Waals surface area contributed by atoms with E-state index in [0.29, 0.717) is 17.8 Å². The number of carbonyl (C=O) groups excluding carboxylic acids is 3. The minimum absolute atomic E-state index is 0.204. The molecule has 2 aromatic rings. The number of benzene rings is 1. The van der Waals surface area contributed by atoms with Gasteiger partial charge in [-0.05, 0) is 31.4 Å². The van der Waals surface area contributed by atoms with E-state index in [1.165, 1.54) is 11.3 Å². The van der Waals surface area contributed by atoms with Gasteiger partial charge in [0, 0.05) is 16.8 Å². The molecule has 1 aromatic heterocycles. The van der Waals surface area contributed by atoms with Gasteiger partial charge in [-0.3, -0.25) is 4.79 Å². The van der Waals surface area contributed by atoms with Gasteiger partial charge in [0.1, 0.15) is 5.00 Å². The molecule has 0 spiro atoms. The van der Waals surface area contributed by atoms with Crippen LogP contribution in [0.4, 0.5) is 5.00 Å². The van der Waals surface area contributed by atoms with Crippen LogP contribution in [-0.4, -0.2) is 36.7 Å². The molecule has 2 bridgehead atoms. The molecule has 7 nitrogen and oxygen atoms in total. The first kappa shape index (κ1) is 19.6. The normalized spacial score (nSPS) is 25.0. The van der Waals surface area contributed by atoms with E-state index in [2.05, 4.69) is 5.32 Å². The number of carbonyl (C=O) groups is 3. The summed E-state index contributed by atoms with van der Waals surface area (Å²) in [5.41, 5.74) is 1.15. The Hall–Kier alpha value is -2.71. The lowest BCUT2D eigenvalue weighted by Crippen LogP contribution is -2.46. The molecule has 0 saturated carbocycles. The Morgan fingerprint density at radius 3 is 2.52 bits per heavy atom. The SMILES string of the molecule is CCOC(=O)c1cc(-c2ccccc2)sc1NC(=O)[C@@H]1[C@@H](C(=O)[O-])[C@@H]2CC[C@H]1O2. The molecule has 0 unspecified atom stereocenters. The molecule has 1 N–H and O–H groups in total. The molecule has 2 fully saturated rings. The Morgan fingerprint density at radius 1 is 1.17 bits per heavy atom. The predicted molar refractivity (Wildman–Crippen MR) is 104 cm³/mol. The van der Waals surface area contributed by atoms with Gasteiger partial charge < -0.3 is 24.7 Å². The molecule has 2 saturated heterocycles. The lowest BCUT2D eigenvalue weighted by molar-refractivity contribution is -0.313. The summed E-state index contributed by atoms with van der Waals surface area (Å²) in [4.78, 5) is 37.7. The predicted octanol–water partition coefficient (Wildman–Crippen LogP) is 2.07. The standard InChI is InChI=1S/C21H21NO6S/c1-2-27-21(26)12-10-15(11-6-4-3-5-7-11)29-19(12)22-18(23)16-13-8-9-14(28-13)17(16)20(24)25/h3-7,10,13-14,16-17H,2,8-9H2,1H3,(H,22,23)(H,24,25)/p-1/t13-,14+,16+,17+/m1/s1. The van der Waals surface area contributed by atoms with Crippen LogP contribution in [0.5, 0.6) is 0 Å². The van der Waals surface area contributed by atoms with Crippen LogP contribution in [0.3, 0.4) is 0 Å². The van der Waals surface area contributed by atoms with Crippen molar-refractivity contribution in [2.75, 3.05) is 11.9 Å². The van der Waals surface area contributed by atoms with Gasteiger partial charge in [0.05, 0.1) is 30.3 Å². The van der Waals surface area contributed by atoms with Crippen molar-refractivity contribution in [1.29, 1.82) is 0 Å². The molecular formula is C21H20NO6S-. The lowest BCUT2D eigenvalue weighted by Gasteiger charge is -2.27. The van der Waals surface area contributed by atoms with E-state index in [9.17, 15) is 19.5 Å². The number of nitrogens with one attached hydrogen (secondary N) is 1. The molecule has 0 aliphatic carbocycles. The number of hydrogen-bond donors (Lipinski definition) is 1. The molecule has 4 rings (SSSR count). The molecule has 29 heavy (non-hydrogen) atoms. The van der Waals surface area contributed by atoms with E-state index in [1.807, 2.05) is 30.3 Å². The minimum atomic E-state index is -1.28. The third-order valence-electron chi connectivity index (χ3n) is 5.37. The summed E-state index contributed by atoms with van der Waals surface area (Å²) in [6, 6.07) is 11.1. The van der Waals surface area contributed by atoms with Gasteiger partial charge >= 0.3 is 5.97 Å². The number of carboxylic acids is 1. The van der Waals surface area contributed by atoms with Crippen LogP contribution in [0.15, 0.2) is 36.4 Å². The van der Waals surface area contributed by atoms with Crippen molar-refractivity contribution in [2.45, 2.75) is 32.0 Å². The summed E-state index contributed by atoms with van der Waals surface area (Å²) in [5.74, 6) is -4.11. The number of anilines is 1. The topological polar surface area (TPSA) is 105 Å². The van der Waals surface area contributed by atoms with Crippen LogP contribution in [0.25, 0.3) is 10.4 Å². The Balaban J connectivity index is 1.63. The van der Waals surface area contributed by atoms with E-state index in [1.54, 1.807) is 13.0 Å². The van der Waals surface area contributed by atoms with Gasteiger partial charge in [-0.1, -0.05) is 30.3 Å². The van der Waals surface area contributed by atoms with Gasteiger partial charge in [0.15, 0.2) is 0 Å². The van der Waals surface area contributed by atoms with Crippen molar-refractivity contribution >= 4 is 34.2 Å². The van der Waals surface area contributed by atoms with E-state index in [0.717, 1.165) is 10.4 Å².